The van der Waals surface area contributed by atoms with Gasteiger partial charge in [-0.15, -0.1) is 0 Å². The predicted molar refractivity (Wildman–Crippen MR) is 114 cm³/mol. The molecule has 0 bridgehead atoms. The molecular formula is C23H23F3N2O6. The molecule has 2 aromatic carbocycles. The van der Waals surface area contributed by atoms with Gasteiger partial charge in [0, 0.05) is 13.1 Å². The van der Waals surface area contributed by atoms with Crippen molar-refractivity contribution in [3.63, 3.8) is 0 Å². The SMILES string of the molecule is CC1(C)Oc2cc(C(F)(F)F)c(CC(=O)O)cc2N(CCNC(=O)OCc2ccccc2)C1=O. The lowest BCUT2D eigenvalue weighted by atomic mass is 9.98. The highest BCUT2D eigenvalue weighted by molar-refractivity contribution is 6.02. The van der Waals surface area contributed by atoms with E-state index in [1.54, 1.807) is 24.3 Å². The number of ether oxygens (including phenoxy) is 2. The van der Waals surface area contributed by atoms with Gasteiger partial charge >= 0.3 is 18.2 Å². The largest absolute Gasteiger partial charge is 0.481 e. The molecule has 8 nitrogen and oxygen atoms in total. The van der Waals surface area contributed by atoms with Crippen LogP contribution in [0.15, 0.2) is 42.5 Å². The molecule has 0 radical (unpaired) electrons. The van der Waals surface area contributed by atoms with Crippen LogP contribution in [0.4, 0.5) is 23.7 Å². The van der Waals surface area contributed by atoms with Crippen LogP contribution in [0.2, 0.25) is 0 Å². The lowest BCUT2D eigenvalue weighted by molar-refractivity contribution is -0.139. The van der Waals surface area contributed by atoms with Crippen molar-refractivity contribution in [3.05, 3.63) is 59.2 Å². The Balaban J connectivity index is 1.78. The van der Waals surface area contributed by atoms with Gasteiger partial charge in [-0.2, -0.15) is 13.2 Å². The van der Waals surface area contributed by atoms with Crippen molar-refractivity contribution in [2.45, 2.75) is 38.7 Å². The van der Waals surface area contributed by atoms with Crippen LogP contribution in [-0.2, 0) is 33.5 Å². The molecule has 0 aliphatic carbocycles. The van der Waals surface area contributed by atoms with Crippen LogP contribution >= 0.6 is 0 Å². The van der Waals surface area contributed by atoms with Crippen molar-refractivity contribution >= 4 is 23.7 Å². The van der Waals surface area contributed by atoms with Crippen LogP contribution < -0.4 is 15.0 Å². The number of nitrogens with zero attached hydrogens (tertiary/aromatic N) is 1. The van der Waals surface area contributed by atoms with Gasteiger partial charge in [-0.1, -0.05) is 30.3 Å². The molecule has 2 N–H and O–H groups in total. The Bertz CT molecular complexity index is 1090. The van der Waals surface area contributed by atoms with E-state index in [1.807, 2.05) is 6.07 Å². The number of rotatable bonds is 7. The van der Waals surface area contributed by atoms with E-state index in [0.29, 0.717) is 6.07 Å². The van der Waals surface area contributed by atoms with E-state index >= 15 is 0 Å². The van der Waals surface area contributed by atoms with E-state index in [-0.39, 0.29) is 31.1 Å². The molecule has 0 saturated heterocycles. The van der Waals surface area contributed by atoms with Gasteiger partial charge in [0.2, 0.25) is 0 Å². The van der Waals surface area contributed by atoms with Crippen molar-refractivity contribution in [3.8, 4) is 5.75 Å². The van der Waals surface area contributed by atoms with Gasteiger partial charge in [-0.25, -0.2) is 4.79 Å². The number of carboxylic acids is 1. The summed E-state index contributed by atoms with van der Waals surface area (Å²) in [5.74, 6) is -2.22. The number of carbonyl (C=O) groups is 3. The summed E-state index contributed by atoms with van der Waals surface area (Å²) in [6.45, 7) is 2.69. The highest BCUT2D eigenvalue weighted by atomic mass is 19.4. The maximum Gasteiger partial charge on any atom is 0.416 e. The molecule has 11 heteroatoms. The summed E-state index contributed by atoms with van der Waals surface area (Å²) in [7, 11) is 0. The number of carboxylic acid groups (broad SMARTS) is 1. The minimum atomic E-state index is -4.82. The average molecular weight is 480 g/mol. The van der Waals surface area contributed by atoms with E-state index in [4.69, 9.17) is 14.6 Å². The van der Waals surface area contributed by atoms with E-state index in [2.05, 4.69) is 5.32 Å². The van der Waals surface area contributed by atoms with Crippen LogP contribution in [-0.4, -0.2) is 41.8 Å². The summed E-state index contributed by atoms with van der Waals surface area (Å²) in [6.07, 6.45) is -6.44. The number of anilines is 1. The normalized spacial score (nSPS) is 14.7. The molecular weight excluding hydrogens is 457 g/mol. The highest BCUT2D eigenvalue weighted by Crippen LogP contribution is 2.43. The Morgan fingerprint density at radius 2 is 1.85 bits per heavy atom. The molecule has 3 rings (SSSR count). The number of benzene rings is 2. The Morgan fingerprint density at radius 3 is 2.47 bits per heavy atom. The molecule has 0 unspecified atom stereocenters. The number of amides is 2. The van der Waals surface area contributed by atoms with E-state index in [1.165, 1.54) is 18.7 Å². The molecule has 1 heterocycles. The van der Waals surface area contributed by atoms with Gasteiger partial charge in [-0.3, -0.25) is 9.59 Å². The maximum atomic E-state index is 13.5. The zero-order valence-corrected chi connectivity index (χ0v) is 18.4. The number of alkyl carbamates (subject to hydrolysis) is 1. The van der Waals surface area contributed by atoms with Gasteiger partial charge in [-0.05, 0) is 37.1 Å². The first-order chi connectivity index (χ1) is 15.9. The van der Waals surface area contributed by atoms with Crippen LogP contribution in [0, 0.1) is 0 Å². The number of halogens is 3. The fraction of sp³-hybridized carbons (Fsp3) is 0.348. The molecule has 2 aromatic rings. The van der Waals surface area contributed by atoms with E-state index in [9.17, 15) is 27.6 Å². The van der Waals surface area contributed by atoms with Crippen molar-refractivity contribution in [1.29, 1.82) is 0 Å². The van der Waals surface area contributed by atoms with Crippen LogP contribution in [0.1, 0.15) is 30.5 Å². The minimum Gasteiger partial charge on any atom is -0.481 e. The second-order valence-corrected chi connectivity index (χ2v) is 8.10. The summed E-state index contributed by atoms with van der Waals surface area (Å²) in [5, 5.41) is 11.5. The number of hydrogen-bond acceptors (Lipinski definition) is 5. The number of carbonyl (C=O) groups excluding carboxylic acids is 2. The Morgan fingerprint density at radius 1 is 1.18 bits per heavy atom. The highest BCUT2D eigenvalue weighted by Gasteiger charge is 2.43. The van der Waals surface area contributed by atoms with Crippen molar-refractivity contribution in [2.75, 3.05) is 18.0 Å². The molecule has 0 saturated carbocycles. The smallest absolute Gasteiger partial charge is 0.416 e. The standard InChI is InChI=1S/C23H23F3N2O6/c1-22(2)20(31)28(9-8-27-21(32)33-13-14-6-4-3-5-7-14)17-10-15(11-19(29)30)16(23(24,25)26)12-18(17)34-22/h3-7,10,12H,8-9,11,13H2,1-2H3,(H,27,32)(H,29,30). The quantitative estimate of drug-likeness (QED) is 0.625. The Hall–Kier alpha value is -3.76. The van der Waals surface area contributed by atoms with Crippen LogP contribution in [0.25, 0.3) is 0 Å². The lowest BCUT2D eigenvalue weighted by Gasteiger charge is -2.39. The third kappa shape index (κ3) is 5.77. The zero-order valence-electron chi connectivity index (χ0n) is 18.4. The maximum absolute atomic E-state index is 13.5. The molecule has 2 amide bonds. The van der Waals surface area contributed by atoms with Crippen molar-refractivity contribution in [2.24, 2.45) is 0 Å². The van der Waals surface area contributed by atoms with Gasteiger partial charge in [0.15, 0.2) is 5.60 Å². The van der Waals surface area contributed by atoms with E-state index in [0.717, 1.165) is 11.6 Å². The molecule has 1 aliphatic heterocycles. The van der Waals surface area contributed by atoms with E-state index < -0.39 is 47.3 Å². The second kappa shape index (κ2) is 9.62. The predicted octanol–water partition coefficient (Wildman–Crippen LogP) is 3.76. The van der Waals surface area contributed by atoms with Gasteiger partial charge in [0.1, 0.15) is 12.4 Å². The fourth-order valence-electron chi connectivity index (χ4n) is 3.50. The summed E-state index contributed by atoms with van der Waals surface area (Å²) >= 11 is 0. The van der Waals surface area contributed by atoms with Gasteiger partial charge in [0.05, 0.1) is 17.7 Å². The Labute approximate surface area is 193 Å². The number of fused-ring (bicyclic) bond motifs is 1. The topological polar surface area (TPSA) is 105 Å². The molecule has 0 spiro atoms. The summed E-state index contributed by atoms with van der Waals surface area (Å²) < 4.78 is 51.2. The third-order valence-electron chi connectivity index (χ3n) is 5.07. The summed E-state index contributed by atoms with van der Waals surface area (Å²) in [6, 6.07) is 10.7. The van der Waals surface area contributed by atoms with Crippen LogP contribution in [0.3, 0.4) is 0 Å². The number of nitrogens with one attached hydrogen (secondary N) is 1. The molecule has 0 aromatic heterocycles. The molecule has 0 atom stereocenters. The summed E-state index contributed by atoms with van der Waals surface area (Å²) in [4.78, 5) is 37.2. The first kappa shape index (κ1) is 24.9. The minimum absolute atomic E-state index is 0.00646. The molecule has 34 heavy (non-hydrogen) atoms. The molecule has 0 fully saturated rings. The molecule has 182 valence electrons. The van der Waals surface area contributed by atoms with Gasteiger partial charge in [0.25, 0.3) is 5.91 Å². The third-order valence-corrected chi connectivity index (χ3v) is 5.07. The van der Waals surface area contributed by atoms with Gasteiger partial charge < -0.3 is 24.8 Å². The summed E-state index contributed by atoms with van der Waals surface area (Å²) in [5.41, 5.74) is -2.36. The zero-order chi connectivity index (χ0) is 25.1. The first-order valence-electron chi connectivity index (χ1n) is 10.3. The second-order valence-electron chi connectivity index (χ2n) is 8.10. The number of alkyl halides is 3. The van der Waals surface area contributed by atoms with Crippen molar-refractivity contribution < 1.29 is 42.1 Å². The Kier molecular flexibility index (Phi) is 7.04. The molecule has 1 aliphatic rings. The average Bonchev–Trinajstić information content (AvgIpc) is 2.74. The fourth-order valence-corrected chi connectivity index (χ4v) is 3.50. The number of hydrogen-bond donors (Lipinski definition) is 2. The monoisotopic (exact) mass is 480 g/mol. The number of aliphatic carboxylic acids is 1. The van der Waals surface area contributed by atoms with Crippen LogP contribution in [0.5, 0.6) is 5.75 Å². The first-order valence-corrected chi connectivity index (χ1v) is 10.3. The van der Waals surface area contributed by atoms with Crippen molar-refractivity contribution in [1.82, 2.24) is 5.32 Å². The lowest BCUT2D eigenvalue weighted by Crippen LogP contribution is -2.54.